The summed E-state index contributed by atoms with van der Waals surface area (Å²) in [5.74, 6) is 0.725. The Labute approximate surface area is 160 Å². The number of nitrogens with one attached hydrogen (secondary N) is 3. The number of hydrazine groups is 1. The highest BCUT2D eigenvalue weighted by molar-refractivity contribution is 5.89. The van der Waals surface area contributed by atoms with Gasteiger partial charge in [0.25, 0.3) is 0 Å². The largest absolute Gasteiger partial charge is 0.497 e. The molecule has 1 aliphatic heterocycles. The van der Waals surface area contributed by atoms with E-state index in [1.165, 1.54) is 5.56 Å². The number of carbonyl (C=O) groups excluding carboxylic acids is 1. The molecule has 0 spiro atoms. The van der Waals surface area contributed by atoms with Crippen LogP contribution in [0.15, 0.2) is 54.6 Å². The highest BCUT2D eigenvalue weighted by Gasteiger charge is 2.24. The summed E-state index contributed by atoms with van der Waals surface area (Å²) in [5, 5.41) is 2.90. The Bertz CT molecular complexity index is 738. The number of hydrogen-bond donors (Lipinski definition) is 3. The average molecular weight is 368 g/mol. The summed E-state index contributed by atoms with van der Waals surface area (Å²) in [4.78, 5) is 14.0. The van der Waals surface area contributed by atoms with Crippen molar-refractivity contribution in [2.75, 3.05) is 26.0 Å². The fourth-order valence-corrected chi connectivity index (χ4v) is 3.31. The molecule has 1 fully saturated rings. The van der Waals surface area contributed by atoms with Gasteiger partial charge in [0, 0.05) is 37.4 Å². The van der Waals surface area contributed by atoms with E-state index in [-0.39, 0.29) is 6.03 Å². The van der Waals surface area contributed by atoms with Gasteiger partial charge >= 0.3 is 6.03 Å². The minimum atomic E-state index is -0.108. The lowest BCUT2D eigenvalue weighted by atomic mass is 10.00. The standard InChI is InChI=1S/C21H28N4O2/c1-25(21(26)22-17-10-6-12-19(14-17)27-2)13-7-11-18-15-20(24-23-18)16-8-4-3-5-9-16/h3-6,8-10,12,14,18,20,23-24H,7,11,13,15H2,1-2H3,(H,22,26). The van der Waals surface area contributed by atoms with Crippen LogP contribution in [-0.4, -0.2) is 37.7 Å². The SMILES string of the molecule is COc1cccc(NC(=O)N(C)CCCC2CC(c3ccccc3)NN2)c1. The Morgan fingerprint density at radius 3 is 2.78 bits per heavy atom. The zero-order chi connectivity index (χ0) is 19.1. The summed E-state index contributed by atoms with van der Waals surface area (Å²) in [7, 11) is 3.43. The number of amides is 2. The van der Waals surface area contributed by atoms with Crippen LogP contribution >= 0.6 is 0 Å². The molecule has 3 N–H and O–H groups in total. The van der Waals surface area contributed by atoms with Gasteiger partial charge in [-0.15, -0.1) is 0 Å². The van der Waals surface area contributed by atoms with E-state index in [2.05, 4.69) is 40.4 Å². The second-order valence-electron chi connectivity index (χ2n) is 6.91. The molecule has 0 aliphatic carbocycles. The highest BCUT2D eigenvalue weighted by atomic mass is 16.5. The highest BCUT2D eigenvalue weighted by Crippen LogP contribution is 2.24. The smallest absolute Gasteiger partial charge is 0.321 e. The maximum atomic E-state index is 12.3. The van der Waals surface area contributed by atoms with Crippen LogP contribution in [-0.2, 0) is 0 Å². The van der Waals surface area contributed by atoms with E-state index in [9.17, 15) is 4.79 Å². The van der Waals surface area contributed by atoms with Gasteiger partial charge < -0.3 is 15.0 Å². The molecule has 27 heavy (non-hydrogen) atoms. The molecule has 144 valence electrons. The number of ether oxygens (including phenoxy) is 1. The molecule has 0 saturated carbocycles. The van der Waals surface area contributed by atoms with Gasteiger partial charge in [-0.3, -0.25) is 10.9 Å². The average Bonchev–Trinajstić information content (AvgIpc) is 3.17. The van der Waals surface area contributed by atoms with Gasteiger partial charge in [-0.2, -0.15) is 0 Å². The predicted molar refractivity (Wildman–Crippen MR) is 108 cm³/mol. The van der Waals surface area contributed by atoms with Crippen molar-refractivity contribution < 1.29 is 9.53 Å². The molecule has 3 rings (SSSR count). The van der Waals surface area contributed by atoms with Crippen LogP contribution < -0.4 is 20.9 Å². The van der Waals surface area contributed by atoms with Gasteiger partial charge in [0.05, 0.1) is 7.11 Å². The van der Waals surface area contributed by atoms with E-state index < -0.39 is 0 Å². The molecule has 6 heteroatoms. The fourth-order valence-electron chi connectivity index (χ4n) is 3.31. The molecule has 2 aromatic rings. The minimum absolute atomic E-state index is 0.108. The Morgan fingerprint density at radius 2 is 2.00 bits per heavy atom. The Kier molecular flexibility index (Phi) is 6.68. The molecule has 0 radical (unpaired) electrons. The molecular formula is C21H28N4O2. The first-order chi connectivity index (χ1) is 13.2. The van der Waals surface area contributed by atoms with E-state index in [1.807, 2.05) is 37.4 Å². The number of benzene rings is 2. The molecule has 2 aromatic carbocycles. The monoisotopic (exact) mass is 368 g/mol. The van der Waals surface area contributed by atoms with Crippen LogP contribution in [0, 0.1) is 0 Å². The van der Waals surface area contributed by atoms with E-state index in [0.29, 0.717) is 18.6 Å². The first-order valence-electron chi connectivity index (χ1n) is 9.38. The molecule has 1 aliphatic rings. The number of methoxy groups -OCH3 is 1. The van der Waals surface area contributed by atoms with E-state index in [4.69, 9.17) is 4.74 Å². The Morgan fingerprint density at radius 1 is 1.19 bits per heavy atom. The van der Waals surface area contributed by atoms with Crippen LogP contribution in [0.3, 0.4) is 0 Å². The summed E-state index contributed by atoms with van der Waals surface area (Å²) in [6.07, 6.45) is 3.03. The maximum Gasteiger partial charge on any atom is 0.321 e. The maximum absolute atomic E-state index is 12.3. The zero-order valence-corrected chi connectivity index (χ0v) is 15.9. The summed E-state index contributed by atoms with van der Waals surface area (Å²) < 4.78 is 5.18. The number of nitrogens with zero attached hydrogens (tertiary/aromatic N) is 1. The molecule has 2 unspecified atom stereocenters. The quantitative estimate of drug-likeness (QED) is 0.699. The van der Waals surface area contributed by atoms with Crippen molar-refractivity contribution in [3.8, 4) is 5.75 Å². The van der Waals surface area contributed by atoms with Gasteiger partial charge in [-0.1, -0.05) is 36.4 Å². The first kappa shape index (κ1) is 19.2. The topological polar surface area (TPSA) is 65.6 Å². The van der Waals surface area contributed by atoms with Gasteiger partial charge in [-0.25, -0.2) is 4.79 Å². The minimum Gasteiger partial charge on any atom is -0.497 e. The van der Waals surface area contributed by atoms with Crippen LogP contribution in [0.2, 0.25) is 0 Å². The Balaban J connectivity index is 1.39. The van der Waals surface area contributed by atoms with Crippen LogP contribution in [0.1, 0.15) is 30.9 Å². The van der Waals surface area contributed by atoms with Crippen molar-refractivity contribution in [3.05, 3.63) is 60.2 Å². The molecular weight excluding hydrogens is 340 g/mol. The van der Waals surface area contributed by atoms with Crippen molar-refractivity contribution >= 4 is 11.7 Å². The summed E-state index contributed by atoms with van der Waals surface area (Å²) in [6, 6.07) is 18.5. The third kappa shape index (κ3) is 5.45. The number of urea groups is 1. The van der Waals surface area contributed by atoms with Gasteiger partial charge in [0.15, 0.2) is 0 Å². The summed E-state index contributed by atoms with van der Waals surface area (Å²) in [5.41, 5.74) is 8.79. The lowest BCUT2D eigenvalue weighted by molar-refractivity contribution is 0.221. The second-order valence-corrected chi connectivity index (χ2v) is 6.91. The summed E-state index contributed by atoms with van der Waals surface area (Å²) in [6.45, 7) is 0.712. The van der Waals surface area contributed by atoms with E-state index >= 15 is 0 Å². The van der Waals surface area contributed by atoms with Crippen LogP contribution in [0.5, 0.6) is 5.75 Å². The number of hydrogen-bond acceptors (Lipinski definition) is 4. The van der Waals surface area contributed by atoms with Crippen molar-refractivity contribution in [2.24, 2.45) is 0 Å². The lowest BCUT2D eigenvalue weighted by Gasteiger charge is -2.19. The van der Waals surface area contributed by atoms with Gasteiger partial charge in [0.2, 0.25) is 0 Å². The van der Waals surface area contributed by atoms with Crippen molar-refractivity contribution in [3.63, 3.8) is 0 Å². The molecule has 6 nitrogen and oxygen atoms in total. The van der Waals surface area contributed by atoms with Gasteiger partial charge in [-0.05, 0) is 37.0 Å². The number of carbonyl (C=O) groups is 1. The number of rotatable bonds is 7. The molecule has 1 saturated heterocycles. The first-order valence-corrected chi connectivity index (χ1v) is 9.38. The van der Waals surface area contributed by atoms with Crippen molar-refractivity contribution in [1.29, 1.82) is 0 Å². The fraction of sp³-hybridized carbons (Fsp3) is 0.381. The van der Waals surface area contributed by atoms with Crippen molar-refractivity contribution in [1.82, 2.24) is 15.8 Å². The summed E-state index contributed by atoms with van der Waals surface area (Å²) >= 11 is 0. The predicted octanol–water partition coefficient (Wildman–Crippen LogP) is 3.55. The number of anilines is 1. The Hall–Kier alpha value is -2.57. The normalized spacial score (nSPS) is 18.9. The van der Waals surface area contributed by atoms with Crippen LogP contribution in [0.4, 0.5) is 10.5 Å². The molecule has 0 aromatic heterocycles. The van der Waals surface area contributed by atoms with Crippen LogP contribution in [0.25, 0.3) is 0 Å². The zero-order valence-electron chi connectivity index (χ0n) is 15.9. The van der Waals surface area contributed by atoms with Crippen molar-refractivity contribution in [2.45, 2.75) is 31.3 Å². The molecule has 0 bridgehead atoms. The molecule has 2 atom stereocenters. The second kappa shape index (κ2) is 9.39. The lowest BCUT2D eigenvalue weighted by Crippen LogP contribution is -2.34. The van der Waals surface area contributed by atoms with Gasteiger partial charge in [0.1, 0.15) is 5.75 Å². The molecule has 1 heterocycles. The molecule has 2 amide bonds. The van der Waals surface area contributed by atoms with E-state index in [1.54, 1.807) is 12.0 Å². The third-order valence-corrected chi connectivity index (χ3v) is 4.90. The van der Waals surface area contributed by atoms with E-state index in [0.717, 1.165) is 30.7 Å². The third-order valence-electron chi connectivity index (χ3n) is 4.90.